The van der Waals surface area contributed by atoms with Gasteiger partial charge in [-0.15, -0.1) is 12.4 Å². The van der Waals surface area contributed by atoms with E-state index in [1.54, 1.807) is 17.0 Å². The lowest BCUT2D eigenvalue weighted by molar-refractivity contribution is -0.136. The van der Waals surface area contributed by atoms with Gasteiger partial charge in [-0.2, -0.15) is 0 Å². The van der Waals surface area contributed by atoms with Crippen LogP contribution in [0.2, 0.25) is 5.02 Å². The fourth-order valence-electron chi connectivity index (χ4n) is 2.81. The van der Waals surface area contributed by atoms with Crippen LogP contribution in [0.1, 0.15) is 11.6 Å². The quantitative estimate of drug-likeness (QED) is 0.877. The molecule has 1 fully saturated rings. The topological polar surface area (TPSA) is 41.6 Å². The third-order valence-corrected chi connectivity index (χ3v) is 4.36. The second-order valence-corrected chi connectivity index (χ2v) is 5.95. The Labute approximate surface area is 157 Å². The minimum atomic E-state index is -0.478. The van der Waals surface area contributed by atoms with E-state index in [0.29, 0.717) is 24.7 Å². The lowest BCUT2D eigenvalue weighted by atomic mass is 10.0. The molecule has 4 nitrogen and oxygen atoms in total. The van der Waals surface area contributed by atoms with Crippen LogP contribution in [-0.2, 0) is 4.79 Å². The van der Waals surface area contributed by atoms with Crippen molar-refractivity contribution in [3.8, 4) is 5.75 Å². The monoisotopic (exact) mass is 384 g/mol. The van der Waals surface area contributed by atoms with Crippen LogP contribution in [0.3, 0.4) is 0 Å². The molecular formula is C18H19Cl2FN2O2. The number of benzene rings is 2. The van der Waals surface area contributed by atoms with Crippen LogP contribution in [0.4, 0.5) is 4.39 Å². The van der Waals surface area contributed by atoms with Gasteiger partial charge in [0.1, 0.15) is 0 Å². The van der Waals surface area contributed by atoms with Gasteiger partial charge in [0.15, 0.2) is 18.2 Å². The summed E-state index contributed by atoms with van der Waals surface area (Å²) in [5.74, 6) is -0.590. The number of ether oxygens (including phenoxy) is 1. The molecule has 1 aliphatic rings. The highest BCUT2D eigenvalue weighted by Crippen LogP contribution is 2.28. The van der Waals surface area contributed by atoms with Gasteiger partial charge in [0.05, 0.1) is 6.04 Å². The highest BCUT2D eigenvalue weighted by atomic mass is 35.5. The predicted octanol–water partition coefficient (Wildman–Crippen LogP) is 3.45. The van der Waals surface area contributed by atoms with E-state index in [-0.39, 0.29) is 36.7 Å². The number of halogens is 3. The molecule has 0 radical (unpaired) electrons. The van der Waals surface area contributed by atoms with Gasteiger partial charge in [-0.1, -0.05) is 41.9 Å². The Bertz CT molecular complexity index is 730. The van der Waals surface area contributed by atoms with Gasteiger partial charge >= 0.3 is 0 Å². The maximum Gasteiger partial charge on any atom is 0.261 e. The number of amides is 1. The van der Waals surface area contributed by atoms with Gasteiger partial charge in [-0.25, -0.2) is 4.39 Å². The van der Waals surface area contributed by atoms with Crippen LogP contribution >= 0.6 is 24.0 Å². The normalized spacial score (nSPS) is 16.9. The largest absolute Gasteiger partial charge is 0.481 e. The molecule has 1 amide bonds. The first-order chi connectivity index (χ1) is 11.7. The summed E-state index contributed by atoms with van der Waals surface area (Å²) in [6.07, 6.45) is 0. The van der Waals surface area contributed by atoms with Crippen LogP contribution in [0, 0.1) is 5.82 Å². The molecule has 1 heterocycles. The number of nitrogens with one attached hydrogen (secondary N) is 1. The van der Waals surface area contributed by atoms with E-state index in [2.05, 4.69) is 5.32 Å². The van der Waals surface area contributed by atoms with Crippen molar-refractivity contribution in [1.82, 2.24) is 10.2 Å². The molecule has 0 aliphatic carbocycles. The number of para-hydroxylation sites is 1. The van der Waals surface area contributed by atoms with Crippen LogP contribution in [-0.4, -0.2) is 37.0 Å². The first-order valence-electron chi connectivity index (χ1n) is 7.79. The molecular weight excluding hydrogens is 366 g/mol. The van der Waals surface area contributed by atoms with Crippen molar-refractivity contribution in [3.63, 3.8) is 0 Å². The lowest BCUT2D eigenvalue weighted by Crippen LogP contribution is -2.50. The van der Waals surface area contributed by atoms with E-state index in [9.17, 15) is 9.18 Å². The maximum atomic E-state index is 13.6. The molecule has 0 bridgehead atoms. The molecule has 1 unspecified atom stereocenters. The van der Waals surface area contributed by atoms with Crippen molar-refractivity contribution < 1.29 is 13.9 Å². The van der Waals surface area contributed by atoms with E-state index in [1.807, 2.05) is 24.3 Å². The smallest absolute Gasteiger partial charge is 0.261 e. The third kappa shape index (κ3) is 4.63. The predicted molar refractivity (Wildman–Crippen MR) is 97.9 cm³/mol. The Kier molecular flexibility index (Phi) is 7.05. The molecule has 1 aliphatic heterocycles. The summed E-state index contributed by atoms with van der Waals surface area (Å²) in [6, 6.07) is 13.4. The first kappa shape index (κ1) is 19.5. The number of carbonyl (C=O) groups is 1. The summed E-state index contributed by atoms with van der Waals surface area (Å²) in [5, 5.41) is 3.90. The first-order valence-corrected chi connectivity index (χ1v) is 8.16. The molecule has 0 spiro atoms. The number of hydrogen-bond acceptors (Lipinski definition) is 3. The maximum absolute atomic E-state index is 13.6. The Hall–Kier alpha value is -1.82. The van der Waals surface area contributed by atoms with Gasteiger partial charge in [-0.3, -0.25) is 4.79 Å². The van der Waals surface area contributed by atoms with Gasteiger partial charge in [0, 0.05) is 24.7 Å². The number of carbonyl (C=O) groups excluding carboxylic acids is 1. The average molecular weight is 385 g/mol. The minimum absolute atomic E-state index is 0. The molecule has 0 saturated carbocycles. The third-order valence-electron chi connectivity index (χ3n) is 4.02. The zero-order valence-corrected chi connectivity index (χ0v) is 15.0. The van der Waals surface area contributed by atoms with Crippen molar-refractivity contribution in [2.75, 3.05) is 26.2 Å². The van der Waals surface area contributed by atoms with E-state index >= 15 is 0 Å². The zero-order chi connectivity index (χ0) is 16.9. The molecule has 1 atom stereocenters. The van der Waals surface area contributed by atoms with Crippen molar-refractivity contribution >= 4 is 29.9 Å². The van der Waals surface area contributed by atoms with Crippen LogP contribution in [0.5, 0.6) is 5.75 Å². The van der Waals surface area contributed by atoms with E-state index in [4.69, 9.17) is 16.3 Å². The van der Waals surface area contributed by atoms with Crippen LogP contribution < -0.4 is 10.1 Å². The second kappa shape index (κ2) is 9.04. The fraction of sp³-hybridized carbons (Fsp3) is 0.278. The summed E-state index contributed by atoms with van der Waals surface area (Å²) in [4.78, 5) is 14.3. The summed E-state index contributed by atoms with van der Waals surface area (Å²) in [5.41, 5.74) is 0.894. The number of rotatable bonds is 4. The number of hydrogen-bond donors (Lipinski definition) is 1. The van der Waals surface area contributed by atoms with Crippen molar-refractivity contribution in [1.29, 1.82) is 0 Å². The van der Waals surface area contributed by atoms with Crippen molar-refractivity contribution in [3.05, 3.63) is 64.9 Å². The Morgan fingerprint density at radius 2 is 1.96 bits per heavy atom. The molecule has 0 aromatic heterocycles. The lowest BCUT2D eigenvalue weighted by Gasteiger charge is -2.36. The van der Waals surface area contributed by atoms with E-state index in [1.165, 1.54) is 12.1 Å². The summed E-state index contributed by atoms with van der Waals surface area (Å²) < 4.78 is 18.9. The van der Waals surface area contributed by atoms with Gasteiger partial charge < -0.3 is 15.0 Å². The summed E-state index contributed by atoms with van der Waals surface area (Å²) in [6.45, 7) is 1.67. The molecule has 7 heteroatoms. The molecule has 2 aromatic carbocycles. The van der Waals surface area contributed by atoms with Crippen LogP contribution in [0.15, 0.2) is 48.5 Å². The Balaban J connectivity index is 0.00000225. The van der Waals surface area contributed by atoms with Gasteiger partial charge in [0.2, 0.25) is 0 Å². The van der Waals surface area contributed by atoms with Crippen molar-refractivity contribution in [2.24, 2.45) is 0 Å². The number of nitrogens with zero attached hydrogens (tertiary/aromatic N) is 1. The summed E-state index contributed by atoms with van der Waals surface area (Å²) >= 11 is 6.27. The summed E-state index contributed by atoms with van der Waals surface area (Å²) in [7, 11) is 0. The van der Waals surface area contributed by atoms with E-state index in [0.717, 1.165) is 5.56 Å². The molecule has 134 valence electrons. The van der Waals surface area contributed by atoms with Gasteiger partial charge in [0.25, 0.3) is 5.91 Å². The molecule has 3 rings (SSSR count). The minimum Gasteiger partial charge on any atom is -0.481 e. The highest BCUT2D eigenvalue weighted by Gasteiger charge is 2.29. The van der Waals surface area contributed by atoms with Crippen LogP contribution in [0.25, 0.3) is 0 Å². The fourth-order valence-corrected chi connectivity index (χ4v) is 3.07. The zero-order valence-electron chi connectivity index (χ0n) is 13.5. The Morgan fingerprint density at radius 1 is 1.24 bits per heavy atom. The SMILES string of the molecule is Cl.O=C(COc1ccccc1F)N1CCNCC1c1ccccc1Cl. The number of piperazine rings is 1. The Morgan fingerprint density at radius 3 is 2.72 bits per heavy atom. The van der Waals surface area contributed by atoms with Crippen molar-refractivity contribution in [2.45, 2.75) is 6.04 Å². The van der Waals surface area contributed by atoms with Gasteiger partial charge in [-0.05, 0) is 23.8 Å². The van der Waals surface area contributed by atoms with E-state index < -0.39 is 5.82 Å². The standard InChI is InChI=1S/C18H18ClFN2O2.ClH/c19-14-6-2-1-5-13(14)16-11-21-9-10-22(16)18(23)12-24-17-8-4-3-7-15(17)20;/h1-8,16,21H,9-12H2;1H. The highest BCUT2D eigenvalue weighted by molar-refractivity contribution is 6.31. The second-order valence-electron chi connectivity index (χ2n) is 5.55. The molecule has 1 saturated heterocycles. The molecule has 2 aromatic rings. The molecule has 25 heavy (non-hydrogen) atoms. The molecule has 1 N–H and O–H groups in total. The average Bonchev–Trinajstić information content (AvgIpc) is 2.61.